The summed E-state index contributed by atoms with van der Waals surface area (Å²) in [6, 6.07) is 20.1. The van der Waals surface area contributed by atoms with E-state index in [0.717, 1.165) is 41.5 Å². The number of nitrogens with zero attached hydrogens (tertiary/aromatic N) is 2. The molecule has 5 rings (SSSR count). The summed E-state index contributed by atoms with van der Waals surface area (Å²) >= 11 is 0. The zero-order valence-corrected chi connectivity index (χ0v) is 37.6. The highest BCUT2D eigenvalue weighted by atomic mass is 16.6. The summed E-state index contributed by atoms with van der Waals surface area (Å²) in [5, 5.41) is 6.24. The van der Waals surface area contributed by atoms with Gasteiger partial charge in [0.2, 0.25) is 17.7 Å². The quantitative estimate of drug-likeness (QED) is 0.112. The highest BCUT2D eigenvalue weighted by molar-refractivity contribution is 5.94. The first-order chi connectivity index (χ1) is 30.4. The number of likely N-dealkylation sites (N-methyl/N-ethyl adjacent to an activating group) is 1. The lowest BCUT2D eigenvalue weighted by atomic mass is 9.83. The summed E-state index contributed by atoms with van der Waals surface area (Å²) in [5.74, 6) is -0.589. The van der Waals surface area contributed by atoms with Crippen molar-refractivity contribution in [3.63, 3.8) is 0 Å². The fraction of sp³-hybridized carbons (Fsp3) is 0.542. The number of hydrogen-bond acceptors (Lipinski definition) is 11. The lowest BCUT2D eigenvalue weighted by molar-refractivity contribution is -0.147. The van der Waals surface area contributed by atoms with Crippen molar-refractivity contribution < 1.29 is 47.6 Å². The fourth-order valence-corrected chi connectivity index (χ4v) is 7.58. The molecule has 15 nitrogen and oxygen atoms in total. The highest BCUT2D eigenvalue weighted by Crippen LogP contribution is 2.33. The number of amides is 4. The monoisotopic (exact) mass is 873 g/mol. The molecule has 2 aliphatic rings. The lowest BCUT2D eigenvalue weighted by Crippen LogP contribution is -2.62. The minimum atomic E-state index is -1.04. The smallest absolute Gasteiger partial charge is 0.410 e. The van der Waals surface area contributed by atoms with E-state index < -0.39 is 41.4 Å². The second-order valence-corrected chi connectivity index (χ2v) is 17.0. The second kappa shape index (κ2) is 24.7. The average molecular weight is 874 g/mol. The van der Waals surface area contributed by atoms with Gasteiger partial charge in [0.15, 0.2) is 0 Å². The van der Waals surface area contributed by atoms with Crippen LogP contribution in [0.3, 0.4) is 0 Å². The Morgan fingerprint density at radius 2 is 1.44 bits per heavy atom. The van der Waals surface area contributed by atoms with Crippen molar-refractivity contribution in [2.75, 3.05) is 73.1 Å². The number of hydrogen-bond donors (Lipinski definition) is 3. The van der Waals surface area contributed by atoms with Gasteiger partial charge in [-0.15, -0.1) is 0 Å². The van der Waals surface area contributed by atoms with Crippen molar-refractivity contribution >= 4 is 23.8 Å². The minimum Gasteiger partial charge on any atom is -0.491 e. The number of fused-ring (bicyclic) bond motifs is 2. The van der Waals surface area contributed by atoms with Gasteiger partial charge < -0.3 is 49.7 Å². The normalized spacial score (nSPS) is 16.8. The van der Waals surface area contributed by atoms with Crippen LogP contribution < -0.4 is 21.1 Å². The van der Waals surface area contributed by atoms with Crippen molar-refractivity contribution in [3.05, 3.63) is 101 Å². The molecule has 1 aliphatic carbocycles. The molecule has 63 heavy (non-hydrogen) atoms. The summed E-state index contributed by atoms with van der Waals surface area (Å²) in [6.07, 6.45) is 2.27. The van der Waals surface area contributed by atoms with Gasteiger partial charge in [0.05, 0.1) is 58.9 Å². The second-order valence-electron chi connectivity index (χ2n) is 17.0. The number of nitrogens with one attached hydrogen (secondary N) is 2. The maximum absolute atomic E-state index is 14.9. The molecular formula is C48H67N5O10. The molecule has 4 N–H and O–H groups in total. The minimum absolute atomic E-state index is 0.0503. The van der Waals surface area contributed by atoms with Crippen LogP contribution in [-0.4, -0.2) is 125 Å². The third-order valence-corrected chi connectivity index (χ3v) is 11.3. The molecule has 4 atom stereocenters. The molecule has 0 unspecified atom stereocenters. The number of carbonyl (C=O) groups is 4. The summed E-state index contributed by atoms with van der Waals surface area (Å²) in [4.78, 5) is 59.0. The zero-order chi connectivity index (χ0) is 45.2. The molecule has 0 aromatic heterocycles. The van der Waals surface area contributed by atoms with Crippen LogP contribution in [0.15, 0.2) is 72.8 Å². The molecule has 3 aromatic carbocycles. The van der Waals surface area contributed by atoms with Crippen molar-refractivity contribution in [1.82, 2.24) is 20.4 Å². The van der Waals surface area contributed by atoms with Gasteiger partial charge in [0.25, 0.3) is 0 Å². The number of ether oxygens (including phenoxy) is 6. The van der Waals surface area contributed by atoms with Crippen LogP contribution in [-0.2, 0) is 64.1 Å². The van der Waals surface area contributed by atoms with E-state index in [2.05, 4.69) is 22.8 Å². The van der Waals surface area contributed by atoms with Gasteiger partial charge in [-0.1, -0.05) is 81.4 Å². The summed E-state index contributed by atoms with van der Waals surface area (Å²) in [7, 11) is 1.49. The predicted molar refractivity (Wildman–Crippen MR) is 238 cm³/mol. The van der Waals surface area contributed by atoms with Gasteiger partial charge in [0, 0.05) is 26.6 Å². The number of nitrogens with two attached hydrogens (primary N) is 1. The van der Waals surface area contributed by atoms with Gasteiger partial charge in [-0.25, -0.2) is 4.79 Å². The van der Waals surface area contributed by atoms with E-state index in [0.29, 0.717) is 71.8 Å². The van der Waals surface area contributed by atoms with Crippen LogP contribution >= 0.6 is 0 Å². The third-order valence-electron chi connectivity index (χ3n) is 11.3. The molecule has 344 valence electrons. The van der Waals surface area contributed by atoms with Crippen molar-refractivity contribution in [1.29, 1.82) is 0 Å². The Hall–Kier alpha value is -5.06. The van der Waals surface area contributed by atoms with Crippen LogP contribution in [0.1, 0.15) is 74.4 Å². The lowest BCUT2D eigenvalue weighted by Gasteiger charge is -2.42. The van der Waals surface area contributed by atoms with Gasteiger partial charge in [0.1, 0.15) is 37.1 Å². The predicted octanol–water partition coefficient (Wildman–Crippen LogP) is 4.73. The fourth-order valence-electron chi connectivity index (χ4n) is 7.58. The Morgan fingerprint density at radius 3 is 2.11 bits per heavy atom. The molecule has 0 bridgehead atoms. The highest BCUT2D eigenvalue weighted by Gasteiger charge is 2.43. The van der Waals surface area contributed by atoms with Gasteiger partial charge in [-0.3, -0.25) is 19.3 Å². The molecule has 1 heterocycles. The molecule has 0 spiro atoms. The van der Waals surface area contributed by atoms with E-state index in [1.165, 1.54) is 17.5 Å². The third kappa shape index (κ3) is 14.8. The van der Waals surface area contributed by atoms with Gasteiger partial charge in [-0.05, 0) is 71.6 Å². The molecule has 0 fully saturated rings. The first-order valence-corrected chi connectivity index (χ1v) is 22.1. The van der Waals surface area contributed by atoms with Crippen molar-refractivity contribution in [3.8, 4) is 5.75 Å². The van der Waals surface area contributed by atoms with Crippen molar-refractivity contribution in [2.45, 2.75) is 90.7 Å². The van der Waals surface area contributed by atoms with Crippen LogP contribution in [0.2, 0.25) is 0 Å². The zero-order valence-electron chi connectivity index (χ0n) is 37.6. The van der Waals surface area contributed by atoms with E-state index in [4.69, 9.17) is 34.2 Å². The largest absolute Gasteiger partial charge is 0.491 e. The van der Waals surface area contributed by atoms with E-state index >= 15 is 0 Å². The van der Waals surface area contributed by atoms with E-state index in [1.807, 2.05) is 81.4 Å². The first kappa shape index (κ1) is 49.0. The molecule has 15 heteroatoms. The number of benzene rings is 3. The van der Waals surface area contributed by atoms with E-state index in [9.17, 15) is 19.2 Å². The molecule has 4 amide bonds. The number of aryl methyl sites for hydroxylation is 1. The first-order valence-electron chi connectivity index (χ1n) is 22.1. The maximum atomic E-state index is 14.9. The SMILES string of the molecule is C[C@@H](C(=O)N[C@H](C(=O)N1Cc2cc(OCCOCCOCCOCCOCCN)ccc2C[C@H]1C(=O)N[C@@H]1CCCc2ccccc21)C(C)(C)C)N(C)C(=O)OCc1ccccc1. The van der Waals surface area contributed by atoms with Crippen LogP contribution in [0.4, 0.5) is 4.79 Å². The number of carbonyl (C=O) groups excluding carboxylic acids is 4. The van der Waals surface area contributed by atoms with E-state index in [-0.39, 0.29) is 31.5 Å². The van der Waals surface area contributed by atoms with Crippen LogP contribution in [0.5, 0.6) is 5.75 Å². The molecule has 0 saturated heterocycles. The average Bonchev–Trinajstić information content (AvgIpc) is 3.28. The Kier molecular flexibility index (Phi) is 19.2. The topological polar surface area (TPSA) is 180 Å². The van der Waals surface area contributed by atoms with Crippen LogP contribution in [0, 0.1) is 5.41 Å². The Morgan fingerprint density at radius 1 is 0.810 bits per heavy atom. The van der Waals surface area contributed by atoms with Gasteiger partial charge >= 0.3 is 6.09 Å². The Bertz CT molecular complexity index is 1920. The standard InChI is InChI=1S/C48H67N5O10/c1-34(52(5)47(57)63-33-35-12-7-6-8-13-35)44(54)51-43(48(2,3)4)46(56)53-32-38-30-39(62-29-28-61-27-26-60-25-24-59-23-22-58-21-20-49)19-18-37(38)31-42(53)45(55)50-41-17-11-15-36-14-9-10-16-40(36)41/h6-10,12-14,16,18-19,30,34,41-43H,11,15,17,20-29,31-33,49H2,1-5H3,(H,50,55)(H,51,54)/t34-,41+,42-,43+/m0/s1. The molecule has 0 radical (unpaired) electrons. The molecule has 1 aliphatic heterocycles. The van der Waals surface area contributed by atoms with Crippen molar-refractivity contribution in [2.24, 2.45) is 11.1 Å². The van der Waals surface area contributed by atoms with Crippen LogP contribution in [0.25, 0.3) is 0 Å². The molecule has 3 aromatic rings. The summed E-state index contributed by atoms with van der Waals surface area (Å²) in [5.41, 5.74) is 9.51. The Balaban J connectivity index is 1.23. The Labute approximate surface area is 372 Å². The number of rotatable bonds is 23. The van der Waals surface area contributed by atoms with Gasteiger partial charge in [-0.2, -0.15) is 0 Å². The summed E-state index contributed by atoms with van der Waals surface area (Å²) < 4.78 is 33.5. The molecular weight excluding hydrogens is 807 g/mol. The summed E-state index contributed by atoms with van der Waals surface area (Å²) in [6.45, 7) is 11.7. The molecule has 0 saturated carbocycles. The maximum Gasteiger partial charge on any atom is 0.410 e. The van der Waals surface area contributed by atoms with E-state index in [1.54, 1.807) is 11.8 Å².